The molecular formula is C23H31FN2. The van der Waals surface area contributed by atoms with Gasteiger partial charge in [-0.05, 0) is 68.0 Å². The molecule has 0 atom stereocenters. The van der Waals surface area contributed by atoms with Gasteiger partial charge in [0.25, 0.3) is 0 Å². The minimum Gasteiger partial charge on any atom is -0.387 e. The highest BCUT2D eigenvalue weighted by molar-refractivity contribution is 5.75. The third kappa shape index (κ3) is 4.87. The van der Waals surface area contributed by atoms with Gasteiger partial charge in [0.15, 0.2) is 0 Å². The predicted octanol–water partition coefficient (Wildman–Crippen LogP) is 5.42. The first kappa shape index (κ1) is 20.0. The van der Waals surface area contributed by atoms with Crippen molar-refractivity contribution >= 4 is 5.57 Å². The summed E-state index contributed by atoms with van der Waals surface area (Å²) < 4.78 is 15.0. The van der Waals surface area contributed by atoms with E-state index in [-0.39, 0.29) is 5.82 Å². The van der Waals surface area contributed by atoms with Gasteiger partial charge in [0.05, 0.1) is 0 Å². The van der Waals surface area contributed by atoms with E-state index in [9.17, 15) is 4.39 Å². The number of benzene rings is 1. The van der Waals surface area contributed by atoms with E-state index >= 15 is 0 Å². The fraction of sp³-hybridized carbons (Fsp3) is 0.391. The number of rotatable bonds is 7. The second kappa shape index (κ2) is 9.42. The van der Waals surface area contributed by atoms with Gasteiger partial charge >= 0.3 is 0 Å². The maximum Gasteiger partial charge on any atom is 0.131 e. The van der Waals surface area contributed by atoms with Gasteiger partial charge in [-0.25, -0.2) is 4.39 Å². The predicted molar refractivity (Wildman–Crippen MR) is 110 cm³/mol. The molecule has 0 amide bonds. The van der Waals surface area contributed by atoms with Crippen LogP contribution in [0.4, 0.5) is 4.39 Å². The van der Waals surface area contributed by atoms with Crippen LogP contribution in [0.2, 0.25) is 0 Å². The molecule has 0 aliphatic carbocycles. The second-order valence-corrected chi connectivity index (χ2v) is 6.86. The average Bonchev–Trinajstić information content (AvgIpc) is 2.62. The number of hydrogen-bond acceptors (Lipinski definition) is 2. The van der Waals surface area contributed by atoms with Crippen molar-refractivity contribution in [1.29, 1.82) is 0 Å². The Bertz CT molecular complexity index is 743. The summed E-state index contributed by atoms with van der Waals surface area (Å²) in [5.41, 5.74) is 7.10. The van der Waals surface area contributed by atoms with Crippen LogP contribution < -0.4 is 10.6 Å². The van der Waals surface area contributed by atoms with Crippen LogP contribution >= 0.6 is 0 Å². The van der Waals surface area contributed by atoms with E-state index in [1.54, 1.807) is 6.07 Å². The molecule has 0 unspecified atom stereocenters. The van der Waals surface area contributed by atoms with Crippen molar-refractivity contribution in [3.05, 3.63) is 75.9 Å². The van der Waals surface area contributed by atoms with E-state index in [4.69, 9.17) is 0 Å². The summed E-state index contributed by atoms with van der Waals surface area (Å²) in [5.74, 6) is -0.125. The van der Waals surface area contributed by atoms with Crippen molar-refractivity contribution in [2.45, 2.75) is 47.5 Å². The molecule has 1 heterocycles. The Kier molecular flexibility index (Phi) is 7.26. The van der Waals surface area contributed by atoms with Crippen LogP contribution in [0.3, 0.4) is 0 Å². The molecule has 3 heteroatoms. The maximum absolute atomic E-state index is 15.0. The summed E-state index contributed by atoms with van der Waals surface area (Å²) in [7, 11) is 0. The van der Waals surface area contributed by atoms with Crippen LogP contribution in [0.1, 0.15) is 50.8 Å². The van der Waals surface area contributed by atoms with Crippen LogP contribution in [0.5, 0.6) is 0 Å². The summed E-state index contributed by atoms with van der Waals surface area (Å²) in [6, 6.07) is 3.82. The smallest absolute Gasteiger partial charge is 0.131 e. The SMILES string of the molecule is C/C=C(\C)NC/C(C1=CNCC=C1)=C(\C)c1c(C)cc(CCC)cc1F. The number of hydrogen-bond donors (Lipinski definition) is 2. The third-order valence-electron chi connectivity index (χ3n) is 4.83. The molecule has 0 fully saturated rings. The molecule has 26 heavy (non-hydrogen) atoms. The van der Waals surface area contributed by atoms with Crippen molar-refractivity contribution in [3.63, 3.8) is 0 Å². The lowest BCUT2D eigenvalue weighted by Crippen LogP contribution is -2.19. The maximum atomic E-state index is 15.0. The first-order valence-electron chi connectivity index (χ1n) is 9.44. The Hall–Kier alpha value is -2.29. The zero-order chi connectivity index (χ0) is 19.1. The van der Waals surface area contributed by atoms with E-state index in [1.165, 1.54) is 0 Å². The molecule has 1 aromatic rings. The number of halogens is 1. The zero-order valence-electron chi connectivity index (χ0n) is 16.7. The van der Waals surface area contributed by atoms with Crippen molar-refractivity contribution in [2.75, 3.05) is 13.1 Å². The molecule has 2 rings (SSSR count). The highest BCUT2D eigenvalue weighted by Gasteiger charge is 2.16. The Morgan fingerprint density at radius 2 is 2.08 bits per heavy atom. The van der Waals surface area contributed by atoms with Gasteiger partial charge in [-0.1, -0.05) is 37.6 Å². The Morgan fingerprint density at radius 3 is 2.65 bits per heavy atom. The van der Waals surface area contributed by atoms with E-state index in [1.807, 2.05) is 40.0 Å². The molecule has 2 nitrogen and oxygen atoms in total. The highest BCUT2D eigenvalue weighted by Crippen LogP contribution is 2.30. The monoisotopic (exact) mass is 354 g/mol. The molecule has 0 aromatic heterocycles. The molecular weight excluding hydrogens is 323 g/mol. The summed E-state index contributed by atoms with van der Waals surface area (Å²) in [6.07, 6.45) is 10.2. The number of allylic oxidation sites excluding steroid dienone is 4. The molecule has 140 valence electrons. The average molecular weight is 355 g/mol. The highest BCUT2D eigenvalue weighted by atomic mass is 19.1. The summed E-state index contributed by atoms with van der Waals surface area (Å²) in [6.45, 7) is 11.7. The van der Waals surface area contributed by atoms with E-state index in [2.05, 4.69) is 35.8 Å². The van der Waals surface area contributed by atoms with Crippen LogP contribution in [0.25, 0.3) is 5.57 Å². The first-order chi connectivity index (χ1) is 12.5. The van der Waals surface area contributed by atoms with E-state index in [0.717, 1.165) is 58.5 Å². The number of dihydropyridines is 1. The molecule has 1 aromatic carbocycles. The van der Waals surface area contributed by atoms with Crippen LogP contribution in [0, 0.1) is 12.7 Å². The quantitative estimate of drug-likeness (QED) is 0.683. The fourth-order valence-corrected chi connectivity index (χ4v) is 3.31. The van der Waals surface area contributed by atoms with Crippen LogP contribution in [-0.2, 0) is 6.42 Å². The molecule has 0 saturated heterocycles. The Morgan fingerprint density at radius 1 is 1.31 bits per heavy atom. The van der Waals surface area contributed by atoms with Crippen LogP contribution in [0.15, 0.2) is 53.4 Å². The van der Waals surface area contributed by atoms with Gasteiger partial charge in [-0.3, -0.25) is 0 Å². The van der Waals surface area contributed by atoms with Gasteiger partial charge in [0, 0.05) is 30.5 Å². The lowest BCUT2D eigenvalue weighted by atomic mass is 9.90. The molecule has 1 aliphatic heterocycles. The molecule has 0 saturated carbocycles. The van der Waals surface area contributed by atoms with E-state index < -0.39 is 0 Å². The molecule has 2 N–H and O–H groups in total. The van der Waals surface area contributed by atoms with Crippen molar-refractivity contribution < 1.29 is 4.39 Å². The summed E-state index contributed by atoms with van der Waals surface area (Å²) in [5, 5.41) is 6.69. The Labute approximate surface area is 157 Å². The lowest BCUT2D eigenvalue weighted by Gasteiger charge is -2.20. The Balaban J connectivity index is 2.51. The van der Waals surface area contributed by atoms with Crippen molar-refractivity contribution in [2.24, 2.45) is 0 Å². The fourth-order valence-electron chi connectivity index (χ4n) is 3.31. The molecule has 0 bridgehead atoms. The summed E-state index contributed by atoms with van der Waals surface area (Å²) >= 11 is 0. The van der Waals surface area contributed by atoms with Gasteiger partial charge in [-0.15, -0.1) is 0 Å². The topological polar surface area (TPSA) is 24.1 Å². The van der Waals surface area contributed by atoms with Crippen molar-refractivity contribution in [3.8, 4) is 0 Å². The molecule has 1 aliphatic rings. The third-order valence-corrected chi connectivity index (χ3v) is 4.83. The minimum absolute atomic E-state index is 0.125. The second-order valence-electron chi connectivity index (χ2n) is 6.86. The summed E-state index contributed by atoms with van der Waals surface area (Å²) in [4.78, 5) is 0. The van der Waals surface area contributed by atoms with Crippen molar-refractivity contribution in [1.82, 2.24) is 10.6 Å². The number of aryl methyl sites for hydroxylation is 2. The standard InChI is InChI=1S/C23H31FN2/c1-6-9-19-12-16(3)23(22(24)13-19)18(5)21(15-26-17(4)7-2)20-10-8-11-25-14-20/h7-8,10,12-14,25-26H,6,9,11,15H2,1-5H3/b17-7+,21-18-. The van der Waals surface area contributed by atoms with Gasteiger partial charge in [-0.2, -0.15) is 0 Å². The lowest BCUT2D eigenvalue weighted by molar-refractivity contribution is 0.619. The first-order valence-corrected chi connectivity index (χ1v) is 9.44. The minimum atomic E-state index is -0.125. The van der Waals surface area contributed by atoms with Crippen LogP contribution in [-0.4, -0.2) is 13.1 Å². The zero-order valence-corrected chi connectivity index (χ0v) is 16.7. The molecule has 0 spiro atoms. The van der Waals surface area contributed by atoms with Gasteiger partial charge < -0.3 is 10.6 Å². The largest absolute Gasteiger partial charge is 0.387 e. The normalized spacial score (nSPS) is 15.3. The van der Waals surface area contributed by atoms with E-state index in [0.29, 0.717) is 6.54 Å². The van der Waals surface area contributed by atoms with Gasteiger partial charge in [0.1, 0.15) is 5.82 Å². The molecule has 0 radical (unpaired) electrons. The van der Waals surface area contributed by atoms with Gasteiger partial charge in [0.2, 0.25) is 0 Å². The number of nitrogens with one attached hydrogen (secondary N) is 2.